The highest BCUT2D eigenvalue weighted by Gasteiger charge is 2.38. The Morgan fingerprint density at radius 3 is 2.40 bits per heavy atom. The van der Waals surface area contributed by atoms with Gasteiger partial charge in [0.1, 0.15) is 6.54 Å². The van der Waals surface area contributed by atoms with Crippen LogP contribution in [-0.4, -0.2) is 39.3 Å². The van der Waals surface area contributed by atoms with Crippen LogP contribution in [0.4, 0.5) is 13.2 Å². The molecular formula is C14H9F3N4O4. The molecule has 1 saturated heterocycles. The zero-order chi connectivity index (χ0) is 18.2. The van der Waals surface area contributed by atoms with Crippen LogP contribution in [0.5, 0.6) is 0 Å². The molecule has 25 heavy (non-hydrogen) atoms. The molecule has 8 nitrogen and oxygen atoms in total. The summed E-state index contributed by atoms with van der Waals surface area (Å²) >= 11 is 0. The molecule has 0 unspecified atom stereocenters. The van der Waals surface area contributed by atoms with E-state index >= 15 is 0 Å². The van der Waals surface area contributed by atoms with Crippen molar-refractivity contribution in [1.29, 1.82) is 0 Å². The Kier molecular flexibility index (Phi) is 3.99. The number of aromatic nitrogens is 2. The molecule has 130 valence electrons. The van der Waals surface area contributed by atoms with Crippen molar-refractivity contribution in [2.45, 2.75) is 12.6 Å². The van der Waals surface area contributed by atoms with Crippen molar-refractivity contribution < 1.29 is 32.1 Å². The smallest absolute Gasteiger partial charge is 0.329 e. The van der Waals surface area contributed by atoms with Gasteiger partial charge in [0.25, 0.3) is 5.91 Å². The minimum atomic E-state index is -4.75. The minimum absolute atomic E-state index is 0.135. The lowest BCUT2D eigenvalue weighted by molar-refractivity contribution is -0.159. The second kappa shape index (κ2) is 6.00. The standard InChI is InChI=1S/C14H9F3N4O4/c15-14(16,17)13-18-11(20-25-13)7-1-3-8(4-2-7)12(24)19-21-6-9(22)5-10(21)23/h1-4H,5-6H2,(H,19,24). The van der Waals surface area contributed by atoms with Crippen LogP contribution < -0.4 is 5.43 Å². The number of rotatable bonds is 3. The Bertz CT molecular complexity index is 845. The summed E-state index contributed by atoms with van der Waals surface area (Å²) in [5, 5.41) is 4.14. The van der Waals surface area contributed by atoms with Crippen LogP contribution >= 0.6 is 0 Å². The van der Waals surface area contributed by atoms with Gasteiger partial charge in [0.05, 0.1) is 6.42 Å². The van der Waals surface area contributed by atoms with Gasteiger partial charge in [-0.1, -0.05) is 17.3 Å². The highest BCUT2D eigenvalue weighted by atomic mass is 19.4. The van der Waals surface area contributed by atoms with Gasteiger partial charge in [-0.25, -0.2) is 5.01 Å². The first-order chi connectivity index (χ1) is 11.7. The van der Waals surface area contributed by atoms with E-state index in [0.29, 0.717) is 0 Å². The number of amides is 2. The molecule has 1 aliphatic rings. The molecule has 2 amide bonds. The van der Waals surface area contributed by atoms with Crippen LogP contribution in [0.1, 0.15) is 22.7 Å². The summed E-state index contributed by atoms with van der Waals surface area (Å²) in [4.78, 5) is 37.8. The number of hydrazine groups is 1. The largest absolute Gasteiger partial charge is 0.471 e. The normalized spacial score (nSPS) is 14.9. The number of nitrogens with zero attached hydrogens (tertiary/aromatic N) is 3. The fourth-order valence-electron chi connectivity index (χ4n) is 2.10. The molecule has 1 N–H and O–H groups in total. The van der Waals surface area contributed by atoms with Gasteiger partial charge in [0, 0.05) is 11.1 Å². The first kappa shape index (κ1) is 16.6. The predicted molar refractivity (Wildman–Crippen MR) is 73.5 cm³/mol. The van der Waals surface area contributed by atoms with Crippen molar-refractivity contribution in [3.05, 3.63) is 35.7 Å². The molecule has 0 bridgehead atoms. The van der Waals surface area contributed by atoms with E-state index in [1.165, 1.54) is 24.3 Å². The molecule has 1 fully saturated rings. The lowest BCUT2D eigenvalue weighted by Gasteiger charge is -2.15. The Labute approximate surface area is 137 Å². The molecule has 1 aromatic carbocycles. The van der Waals surface area contributed by atoms with Crippen LogP contribution in [0.25, 0.3) is 11.4 Å². The highest BCUT2D eigenvalue weighted by molar-refractivity contribution is 6.06. The summed E-state index contributed by atoms with van der Waals surface area (Å²) in [5.41, 5.74) is 2.63. The average molecular weight is 354 g/mol. The van der Waals surface area contributed by atoms with Crippen LogP contribution in [0.2, 0.25) is 0 Å². The van der Waals surface area contributed by atoms with Crippen LogP contribution in [0.15, 0.2) is 28.8 Å². The van der Waals surface area contributed by atoms with E-state index in [9.17, 15) is 27.6 Å². The van der Waals surface area contributed by atoms with Gasteiger partial charge in [-0.05, 0) is 12.1 Å². The second-order valence-corrected chi connectivity index (χ2v) is 5.13. The first-order valence-corrected chi connectivity index (χ1v) is 6.88. The van der Waals surface area contributed by atoms with Gasteiger partial charge in [-0.15, -0.1) is 0 Å². The number of benzene rings is 1. The number of nitrogens with one attached hydrogen (secondary N) is 1. The summed E-state index contributed by atoms with van der Waals surface area (Å²) in [7, 11) is 0. The summed E-state index contributed by atoms with van der Waals surface area (Å²) < 4.78 is 41.4. The van der Waals surface area contributed by atoms with E-state index in [0.717, 1.165) is 5.01 Å². The fraction of sp³-hybridized carbons (Fsp3) is 0.214. The maximum atomic E-state index is 12.4. The van der Waals surface area contributed by atoms with Gasteiger partial charge >= 0.3 is 12.1 Å². The fourth-order valence-corrected chi connectivity index (χ4v) is 2.10. The van der Waals surface area contributed by atoms with Crippen molar-refractivity contribution in [3.8, 4) is 11.4 Å². The Morgan fingerprint density at radius 1 is 1.20 bits per heavy atom. The number of hydrogen-bond donors (Lipinski definition) is 1. The lowest BCUT2D eigenvalue weighted by Crippen LogP contribution is -2.43. The molecule has 3 rings (SSSR count). The Balaban J connectivity index is 1.72. The Hall–Kier alpha value is -3.24. The van der Waals surface area contributed by atoms with Gasteiger partial charge < -0.3 is 4.52 Å². The van der Waals surface area contributed by atoms with E-state index < -0.39 is 23.9 Å². The third kappa shape index (κ3) is 3.49. The van der Waals surface area contributed by atoms with Crippen molar-refractivity contribution in [3.63, 3.8) is 0 Å². The molecule has 0 aliphatic carbocycles. The number of Topliss-reactive ketones (excluding diaryl/α,β-unsaturated/α-hetero) is 1. The quantitative estimate of drug-likeness (QED) is 0.831. The summed E-state index contributed by atoms with van der Waals surface area (Å²) in [6, 6.07) is 5.29. The van der Waals surface area contributed by atoms with Crippen molar-refractivity contribution in [2.75, 3.05) is 6.54 Å². The third-order valence-electron chi connectivity index (χ3n) is 3.29. The van der Waals surface area contributed by atoms with E-state index in [2.05, 4.69) is 20.1 Å². The molecule has 0 atom stereocenters. The van der Waals surface area contributed by atoms with E-state index in [4.69, 9.17) is 0 Å². The predicted octanol–water partition coefficient (Wildman–Crippen LogP) is 1.20. The Morgan fingerprint density at radius 2 is 1.88 bits per heavy atom. The summed E-state index contributed by atoms with van der Waals surface area (Å²) in [5.74, 6) is -3.21. The molecule has 0 spiro atoms. The minimum Gasteiger partial charge on any atom is -0.329 e. The number of halogens is 3. The van der Waals surface area contributed by atoms with Crippen LogP contribution in [0.3, 0.4) is 0 Å². The molecular weight excluding hydrogens is 345 g/mol. The van der Waals surface area contributed by atoms with Crippen LogP contribution in [-0.2, 0) is 15.8 Å². The zero-order valence-corrected chi connectivity index (χ0v) is 12.3. The lowest BCUT2D eigenvalue weighted by atomic mass is 10.1. The number of carbonyl (C=O) groups is 3. The number of hydrogen-bond acceptors (Lipinski definition) is 6. The van der Waals surface area contributed by atoms with Crippen molar-refractivity contribution in [1.82, 2.24) is 20.6 Å². The summed E-state index contributed by atoms with van der Waals surface area (Å²) in [6.07, 6.45) is -5.01. The second-order valence-electron chi connectivity index (χ2n) is 5.13. The highest BCUT2D eigenvalue weighted by Crippen LogP contribution is 2.29. The average Bonchev–Trinajstić information content (AvgIpc) is 3.14. The number of ketones is 1. The topological polar surface area (TPSA) is 105 Å². The van der Waals surface area contributed by atoms with Gasteiger partial charge in [-0.3, -0.25) is 19.8 Å². The SMILES string of the molecule is O=C1CC(=O)N(NC(=O)c2ccc(-c3noc(C(F)(F)F)n3)cc2)C1. The zero-order valence-electron chi connectivity index (χ0n) is 12.3. The van der Waals surface area contributed by atoms with Gasteiger partial charge in [-0.2, -0.15) is 18.2 Å². The molecule has 1 aromatic heterocycles. The van der Waals surface area contributed by atoms with E-state index in [1.54, 1.807) is 0 Å². The summed E-state index contributed by atoms with van der Waals surface area (Å²) in [6.45, 7) is -0.203. The maximum Gasteiger partial charge on any atom is 0.471 e. The molecule has 2 heterocycles. The van der Waals surface area contributed by atoms with Gasteiger partial charge in [0.15, 0.2) is 5.78 Å². The molecule has 0 radical (unpaired) electrons. The first-order valence-electron chi connectivity index (χ1n) is 6.88. The number of alkyl halides is 3. The van der Waals surface area contributed by atoms with Gasteiger partial charge in [0.2, 0.25) is 11.7 Å². The molecule has 0 saturated carbocycles. The number of carbonyl (C=O) groups excluding carboxylic acids is 3. The monoisotopic (exact) mass is 354 g/mol. The van der Waals surface area contributed by atoms with Crippen molar-refractivity contribution in [2.24, 2.45) is 0 Å². The van der Waals surface area contributed by atoms with E-state index in [-0.39, 0.29) is 35.7 Å². The molecule has 11 heteroatoms. The molecule has 1 aliphatic heterocycles. The molecule has 2 aromatic rings. The van der Waals surface area contributed by atoms with Crippen molar-refractivity contribution >= 4 is 17.6 Å². The van der Waals surface area contributed by atoms with E-state index in [1.807, 2.05) is 0 Å². The third-order valence-corrected chi connectivity index (χ3v) is 3.29. The van der Waals surface area contributed by atoms with Crippen LogP contribution in [0, 0.1) is 0 Å². The maximum absolute atomic E-state index is 12.4.